The van der Waals surface area contributed by atoms with Gasteiger partial charge in [-0.15, -0.1) is 0 Å². The molecule has 2 amide bonds. The van der Waals surface area contributed by atoms with Crippen LogP contribution in [0.5, 0.6) is 0 Å². The number of nitrogens with one attached hydrogen (secondary N) is 5. The molecule has 0 unspecified atom stereocenters. The molecule has 0 aliphatic rings. The maximum Gasteiger partial charge on any atom is 0.405 e. The quantitative estimate of drug-likeness (QED) is 0.232. The van der Waals surface area contributed by atoms with E-state index < -0.39 is 24.7 Å². The van der Waals surface area contributed by atoms with Gasteiger partial charge in [-0.1, -0.05) is 13.8 Å². The van der Waals surface area contributed by atoms with E-state index in [1.165, 1.54) is 12.4 Å². The summed E-state index contributed by atoms with van der Waals surface area (Å²) in [5.74, 6) is -1.37. The van der Waals surface area contributed by atoms with E-state index in [9.17, 15) is 22.8 Å². The van der Waals surface area contributed by atoms with Crippen molar-refractivity contribution in [2.45, 2.75) is 32.6 Å². The lowest BCUT2D eigenvalue weighted by Crippen LogP contribution is -2.46. The highest BCUT2D eigenvalue weighted by Gasteiger charge is 2.30. The number of anilines is 1. The Kier molecular flexibility index (Phi) is 7.41. The summed E-state index contributed by atoms with van der Waals surface area (Å²) in [6, 6.07) is 4.28. The first-order valence-corrected chi connectivity index (χ1v) is 11.4. The summed E-state index contributed by atoms with van der Waals surface area (Å²) >= 11 is 0. The monoisotopic (exact) mass is 514 g/mol. The Bertz CT molecular complexity index is 1380. The number of carbonyl (C=O) groups is 2. The van der Waals surface area contributed by atoms with Gasteiger partial charge in [0, 0.05) is 47.5 Å². The lowest BCUT2D eigenvalue weighted by Gasteiger charge is -2.23. The molecule has 37 heavy (non-hydrogen) atoms. The molecule has 0 spiro atoms. The Morgan fingerprint density at radius 3 is 2.62 bits per heavy atom. The van der Waals surface area contributed by atoms with E-state index >= 15 is 0 Å². The highest BCUT2D eigenvalue weighted by molar-refractivity contribution is 6.01. The van der Waals surface area contributed by atoms with Gasteiger partial charge in [-0.2, -0.15) is 18.3 Å². The summed E-state index contributed by atoms with van der Waals surface area (Å²) in [5.41, 5.74) is 3.50. The van der Waals surface area contributed by atoms with Gasteiger partial charge in [0.05, 0.1) is 23.5 Å². The minimum absolute atomic E-state index is 0.280. The number of pyridine rings is 2. The number of fused-ring (bicyclic) bond motifs is 1. The molecular formula is C24H25F3N8O2. The van der Waals surface area contributed by atoms with Gasteiger partial charge in [0.2, 0.25) is 5.91 Å². The van der Waals surface area contributed by atoms with Crippen molar-refractivity contribution >= 4 is 28.5 Å². The molecule has 5 N–H and O–H groups in total. The number of hydrogen-bond acceptors (Lipinski definition) is 6. The topological polar surface area (TPSA) is 140 Å². The number of aromatic amines is 2. The van der Waals surface area contributed by atoms with Gasteiger partial charge in [-0.05, 0) is 24.1 Å². The van der Waals surface area contributed by atoms with Crippen LogP contribution in [0.15, 0.2) is 49.2 Å². The summed E-state index contributed by atoms with van der Waals surface area (Å²) in [6.45, 7) is 2.33. The normalized spacial score (nSPS) is 12.5. The van der Waals surface area contributed by atoms with Gasteiger partial charge in [-0.3, -0.25) is 19.7 Å². The summed E-state index contributed by atoms with van der Waals surface area (Å²) in [5, 5.41) is 15.0. The highest BCUT2D eigenvalue weighted by Crippen LogP contribution is 2.30. The second-order valence-corrected chi connectivity index (χ2v) is 8.75. The van der Waals surface area contributed by atoms with Crippen LogP contribution in [-0.2, 0) is 11.3 Å². The Labute approximate surface area is 209 Å². The lowest BCUT2D eigenvalue weighted by atomic mass is 10.0. The summed E-state index contributed by atoms with van der Waals surface area (Å²) in [6.07, 6.45) is 3.37. The van der Waals surface area contributed by atoms with Crippen molar-refractivity contribution in [3.63, 3.8) is 0 Å². The van der Waals surface area contributed by atoms with Crippen LogP contribution in [0.25, 0.3) is 22.2 Å². The molecule has 1 atom stereocenters. The maximum atomic E-state index is 12.6. The molecule has 13 heteroatoms. The molecule has 4 aromatic heterocycles. The lowest BCUT2D eigenvalue weighted by molar-refractivity contribution is -0.139. The van der Waals surface area contributed by atoms with Crippen LogP contribution in [0.3, 0.4) is 0 Å². The number of hydrogen-bond donors (Lipinski definition) is 5. The Balaban J connectivity index is 1.54. The number of aromatic nitrogens is 5. The van der Waals surface area contributed by atoms with Gasteiger partial charge in [0.1, 0.15) is 18.2 Å². The smallest absolute Gasteiger partial charge is 0.372 e. The fraction of sp³-hybridized carbons (Fsp3) is 0.292. The van der Waals surface area contributed by atoms with Crippen molar-refractivity contribution in [2.75, 3.05) is 11.9 Å². The Morgan fingerprint density at radius 2 is 1.92 bits per heavy atom. The minimum Gasteiger partial charge on any atom is -0.372 e. The fourth-order valence-corrected chi connectivity index (χ4v) is 3.71. The van der Waals surface area contributed by atoms with E-state index in [4.69, 9.17) is 0 Å². The molecule has 0 radical (unpaired) electrons. The van der Waals surface area contributed by atoms with Crippen LogP contribution >= 0.6 is 0 Å². The number of alkyl halides is 3. The zero-order valence-electron chi connectivity index (χ0n) is 20.0. The first-order chi connectivity index (χ1) is 17.6. The third-order valence-corrected chi connectivity index (χ3v) is 5.57. The molecule has 0 fully saturated rings. The van der Waals surface area contributed by atoms with E-state index in [1.54, 1.807) is 50.6 Å². The first-order valence-electron chi connectivity index (χ1n) is 11.4. The van der Waals surface area contributed by atoms with Crippen LogP contribution in [0.2, 0.25) is 0 Å². The molecule has 10 nitrogen and oxygen atoms in total. The van der Waals surface area contributed by atoms with Crippen LogP contribution in [0.4, 0.5) is 18.9 Å². The molecule has 0 aliphatic heterocycles. The van der Waals surface area contributed by atoms with Crippen LogP contribution in [-0.4, -0.2) is 55.7 Å². The molecule has 4 aromatic rings. The van der Waals surface area contributed by atoms with Crippen molar-refractivity contribution in [1.82, 2.24) is 35.8 Å². The van der Waals surface area contributed by atoms with Crippen molar-refractivity contribution in [2.24, 2.45) is 5.92 Å². The number of halogens is 3. The van der Waals surface area contributed by atoms with E-state index in [-0.39, 0.29) is 18.4 Å². The van der Waals surface area contributed by atoms with Crippen molar-refractivity contribution in [1.29, 1.82) is 0 Å². The first kappa shape index (κ1) is 25.7. The van der Waals surface area contributed by atoms with Crippen LogP contribution in [0, 0.1) is 5.92 Å². The van der Waals surface area contributed by atoms with Crippen LogP contribution in [0.1, 0.15) is 29.9 Å². The van der Waals surface area contributed by atoms with E-state index in [2.05, 4.69) is 35.8 Å². The zero-order valence-corrected chi connectivity index (χ0v) is 20.0. The van der Waals surface area contributed by atoms with Crippen molar-refractivity contribution < 1.29 is 22.8 Å². The average molecular weight is 515 g/mol. The second-order valence-electron chi connectivity index (χ2n) is 8.75. The summed E-state index contributed by atoms with van der Waals surface area (Å²) < 4.78 is 37.6. The molecule has 194 valence electrons. The van der Waals surface area contributed by atoms with E-state index in [0.29, 0.717) is 33.4 Å². The van der Waals surface area contributed by atoms with Gasteiger partial charge < -0.3 is 20.9 Å². The predicted octanol–water partition coefficient (Wildman–Crippen LogP) is 3.39. The zero-order chi connectivity index (χ0) is 26.6. The van der Waals surface area contributed by atoms with E-state index in [1.807, 2.05) is 5.32 Å². The number of carbonyl (C=O) groups excluding carboxylic acids is 2. The van der Waals surface area contributed by atoms with E-state index in [0.717, 1.165) is 5.69 Å². The van der Waals surface area contributed by atoms with Crippen molar-refractivity contribution in [3.8, 4) is 11.1 Å². The van der Waals surface area contributed by atoms with Gasteiger partial charge in [0.15, 0.2) is 0 Å². The van der Waals surface area contributed by atoms with Gasteiger partial charge in [0.25, 0.3) is 5.91 Å². The molecule has 4 rings (SSSR count). The molecule has 0 saturated heterocycles. The molecular weight excluding hydrogens is 489 g/mol. The molecule has 0 bridgehead atoms. The third kappa shape index (κ3) is 6.42. The molecule has 4 heterocycles. The van der Waals surface area contributed by atoms with Crippen LogP contribution < -0.4 is 16.0 Å². The minimum atomic E-state index is -4.50. The van der Waals surface area contributed by atoms with Gasteiger partial charge >= 0.3 is 6.18 Å². The predicted molar refractivity (Wildman–Crippen MR) is 130 cm³/mol. The molecule has 0 aromatic carbocycles. The summed E-state index contributed by atoms with van der Waals surface area (Å²) in [7, 11) is 0. The standard InChI is InChI=1S/C24H25F3N8O2/c1-13(2)20(23(37)32-12-24(25,26)27)34-17-5-14(7-28-9-17)19-11-30-21-18(19)6-15(8-29-21)22(36)31-10-16-3-4-33-35-16/h3-9,11,13,20,34H,10,12H2,1-2H3,(H,29,30)(H,31,36)(H,32,37)(H,33,35)/t20-/m1/s1. The second kappa shape index (κ2) is 10.7. The number of H-pyrrole nitrogens is 2. The highest BCUT2D eigenvalue weighted by atomic mass is 19.4. The maximum absolute atomic E-state index is 12.6. The number of amides is 2. The third-order valence-electron chi connectivity index (χ3n) is 5.57. The summed E-state index contributed by atoms with van der Waals surface area (Å²) in [4.78, 5) is 36.7. The van der Waals surface area contributed by atoms with Crippen molar-refractivity contribution in [3.05, 3.63) is 60.4 Å². The Morgan fingerprint density at radius 1 is 1.11 bits per heavy atom. The number of nitrogens with zero attached hydrogens (tertiary/aromatic N) is 3. The average Bonchev–Trinajstić information content (AvgIpc) is 3.53. The molecule has 0 aliphatic carbocycles. The van der Waals surface area contributed by atoms with Gasteiger partial charge in [-0.25, -0.2) is 4.98 Å². The Hall–Kier alpha value is -4.42. The molecule has 0 saturated carbocycles. The fourth-order valence-electron chi connectivity index (χ4n) is 3.71. The number of rotatable bonds is 9. The largest absolute Gasteiger partial charge is 0.405 e. The SMILES string of the molecule is CC(C)[C@@H](Nc1cncc(-c2c[nH]c3ncc(C(=O)NCc4ccn[nH]4)cc23)c1)C(=O)NCC(F)(F)F.